The van der Waals surface area contributed by atoms with Crippen LogP contribution in [0.15, 0.2) is 77.7 Å². The number of hydrogen-bond acceptors (Lipinski definition) is 4. The van der Waals surface area contributed by atoms with Crippen LogP contribution in [0.2, 0.25) is 0 Å². The van der Waals surface area contributed by atoms with Crippen LogP contribution in [-0.2, 0) is 11.9 Å². The van der Waals surface area contributed by atoms with Crippen LogP contribution >= 0.6 is 11.8 Å². The summed E-state index contributed by atoms with van der Waals surface area (Å²) in [5, 5.41) is 11.2. The monoisotopic (exact) mass is 405 g/mol. The van der Waals surface area contributed by atoms with E-state index in [1.54, 1.807) is 36.4 Å². The molecule has 0 atom stereocenters. The van der Waals surface area contributed by atoms with Crippen molar-refractivity contribution in [3.63, 3.8) is 0 Å². The molecule has 3 aromatic rings. The number of rotatable bonds is 6. The number of alkyl halides is 3. The molecule has 0 fully saturated rings. The van der Waals surface area contributed by atoms with Crippen molar-refractivity contribution in [2.45, 2.75) is 16.8 Å². The van der Waals surface area contributed by atoms with Crippen LogP contribution < -0.4 is 4.74 Å². The summed E-state index contributed by atoms with van der Waals surface area (Å²) in [6, 6.07) is 18.8. The van der Waals surface area contributed by atoms with Gasteiger partial charge in [-0.05, 0) is 30.3 Å². The quantitative estimate of drug-likeness (QED) is 0.260. The van der Waals surface area contributed by atoms with Gasteiger partial charge < -0.3 is 4.74 Å². The van der Waals surface area contributed by atoms with Crippen LogP contribution in [0.1, 0.15) is 11.1 Å². The summed E-state index contributed by atoms with van der Waals surface area (Å²) in [5.41, 5.74) is -0.844. The molecule has 0 aliphatic carbocycles. The number of nitro groups is 1. The Hall–Kier alpha value is -3.00. The van der Waals surface area contributed by atoms with Crippen molar-refractivity contribution in [3.8, 4) is 11.5 Å². The number of benzene rings is 3. The van der Waals surface area contributed by atoms with Crippen molar-refractivity contribution >= 4 is 17.4 Å². The average Bonchev–Trinajstić information content (AvgIpc) is 2.67. The molecule has 0 unspecified atom stereocenters. The fraction of sp³-hybridized carbons (Fsp3) is 0.100. The molecule has 0 aliphatic rings. The predicted octanol–water partition coefficient (Wildman–Crippen LogP) is 6.70. The van der Waals surface area contributed by atoms with Gasteiger partial charge in [-0.15, -0.1) is 11.8 Å². The number of thioether (sulfide) groups is 1. The second kappa shape index (κ2) is 8.35. The average molecular weight is 405 g/mol. The highest BCUT2D eigenvalue weighted by molar-refractivity contribution is 7.98. The Kier molecular flexibility index (Phi) is 5.89. The lowest BCUT2D eigenvalue weighted by atomic mass is 10.2. The topological polar surface area (TPSA) is 52.4 Å². The van der Waals surface area contributed by atoms with Gasteiger partial charge in [0.1, 0.15) is 11.5 Å². The fourth-order valence-corrected chi connectivity index (χ4v) is 3.45. The standard InChI is InChI=1S/C20H14F3NO3S/c21-20(22,23)15-10-11-19(17(12-15)24(25)26)28-13-14-6-4-5-9-18(14)27-16-7-2-1-3-8-16/h1-12H,13H2. The summed E-state index contributed by atoms with van der Waals surface area (Å²) in [6.07, 6.45) is -4.63. The van der Waals surface area contributed by atoms with Crippen LogP contribution in [0, 0.1) is 10.1 Å². The maximum atomic E-state index is 12.8. The molecule has 0 aliphatic heterocycles. The van der Waals surface area contributed by atoms with Crippen LogP contribution in [0.4, 0.5) is 18.9 Å². The van der Waals surface area contributed by atoms with E-state index < -0.39 is 22.4 Å². The SMILES string of the molecule is O=[N+]([O-])c1cc(C(F)(F)F)ccc1SCc1ccccc1Oc1ccccc1. The van der Waals surface area contributed by atoms with Gasteiger partial charge in [-0.25, -0.2) is 0 Å². The Morgan fingerprint density at radius 2 is 1.64 bits per heavy atom. The highest BCUT2D eigenvalue weighted by Gasteiger charge is 2.33. The Bertz CT molecular complexity index is 978. The number of ether oxygens (including phenoxy) is 1. The van der Waals surface area contributed by atoms with Gasteiger partial charge in [0, 0.05) is 17.4 Å². The molecule has 0 saturated carbocycles. The van der Waals surface area contributed by atoms with E-state index in [0.29, 0.717) is 23.3 Å². The molecule has 0 heterocycles. The van der Waals surface area contributed by atoms with E-state index in [1.807, 2.05) is 18.2 Å². The third kappa shape index (κ3) is 4.83. The molecule has 0 N–H and O–H groups in total. The second-order valence-electron chi connectivity index (χ2n) is 5.75. The molecule has 4 nitrogen and oxygen atoms in total. The first-order valence-corrected chi connectivity index (χ1v) is 9.12. The fourth-order valence-electron chi connectivity index (χ4n) is 2.45. The molecule has 8 heteroatoms. The van der Waals surface area contributed by atoms with E-state index in [2.05, 4.69) is 0 Å². The Morgan fingerprint density at radius 1 is 0.964 bits per heavy atom. The molecule has 0 spiro atoms. The van der Waals surface area contributed by atoms with Crippen molar-refractivity contribution < 1.29 is 22.8 Å². The Balaban J connectivity index is 1.82. The minimum Gasteiger partial charge on any atom is -0.457 e. The van der Waals surface area contributed by atoms with E-state index >= 15 is 0 Å². The maximum Gasteiger partial charge on any atom is 0.416 e. The molecule has 0 bridgehead atoms. The Morgan fingerprint density at radius 3 is 2.32 bits per heavy atom. The minimum atomic E-state index is -4.63. The first-order chi connectivity index (χ1) is 13.3. The maximum absolute atomic E-state index is 12.8. The number of nitro benzene ring substituents is 1. The van der Waals surface area contributed by atoms with Gasteiger partial charge in [-0.3, -0.25) is 10.1 Å². The van der Waals surface area contributed by atoms with Gasteiger partial charge in [0.25, 0.3) is 5.69 Å². The lowest BCUT2D eigenvalue weighted by molar-refractivity contribution is -0.388. The zero-order valence-electron chi connectivity index (χ0n) is 14.3. The lowest BCUT2D eigenvalue weighted by Crippen LogP contribution is -2.06. The lowest BCUT2D eigenvalue weighted by Gasteiger charge is -2.12. The molecule has 3 rings (SSSR count). The third-order valence-electron chi connectivity index (χ3n) is 3.81. The van der Waals surface area contributed by atoms with Gasteiger partial charge in [0.2, 0.25) is 0 Å². The molecule has 0 radical (unpaired) electrons. The summed E-state index contributed by atoms with van der Waals surface area (Å²) in [6.45, 7) is 0. The summed E-state index contributed by atoms with van der Waals surface area (Å²) >= 11 is 1.08. The minimum absolute atomic E-state index is 0.160. The van der Waals surface area contributed by atoms with Crippen LogP contribution in [0.3, 0.4) is 0 Å². The molecule has 0 saturated heterocycles. The predicted molar refractivity (Wildman–Crippen MR) is 101 cm³/mol. The first-order valence-electron chi connectivity index (χ1n) is 8.14. The van der Waals surface area contributed by atoms with Gasteiger partial charge in [-0.1, -0.05) is 36.4 Å². The van der Waals surface area contributed by atoms with Gasteiger partial charge in [0.05, 0.1) is 15.4 Å². The molecule has 0 aromatic heterocycles. The molecule has 144 valence electrons. The number of hydrogen-bond donors (Lipinski definition) is 0. The molecule has 3 aromatic carbocycles. The normalized spacial score (nSPS) is 11.2. The number of para-hydroxylation sites is 2. The summed E-state index contributed by atoms with van der Waals surface area (Å²) in [7, 11) is 0. The van der Waals surface area contributed by atoms with Gasteiger partial charge in [-0.2, -0.15) is 13.2 Å². The second-order valence-corrected chi connectivity index (χ2v) is 6.77. The summed E-state index contributed by atoms with van der Waals surface area (Å²) in [5.74, 6) is 1.52. The van der Waals surface area contributed by atoms with Crippen LogP contribution in [0.25, 0.3) is 0 Å². The van der Waals surface area contributed by atoms with Crippen LogP contribution in [-0.4, -0.2) is 4.92 Å². The Labute approximate surface area is 163 Å². The number of halogens is 3. The van der Waals surface area contributed by atoms with Crippen molar-refractivity contribution in [3.05, 3.63) is 94.0 Å². The van der Waals surface area contributed by atoms with E-state index in [9.17, 15) is 23.3 Å². The van der Waals surface area contributed by atoms with Crippen molar-refractivity contribution in [1.29, 1.82) is 0 Å². The third-order valence-corrected chi connectivity index (χ3v) is 4.92. The van der Waals surface area contributed by atoms with E-state index in [4.69, 9.17) is 4.74 Å². The largest absolute Gasteiger partial charge is 0.457 e. The van der Waals surface area contributed by atoms with E-state index in [1.165, 1.54) is 0 Å². The highest BCUT2D eigenvalue weighted by Crippen LogP contribution is 2.38. The zero-order valence-corrected chi connectivity index (χ0v) is 15.2. The van der Waals surface area contributed by atoms with E-state index in [-0.39, 0.29) is 4.90 Å². The van der Waals surface area contributed by atoms with Gasteiger partial charge in [0.15, 0.2) is 0 Å². The van der Waals surface area contributed by atoms with E-state index in [0.717, 1.165) is 29.5 Å². The summed E-state index contributed by atoms with van der Waals surface area (Å²) < 4.78 is 44.3. The smallest absolute Gasteiger partial charge is 0.416 e. The number of nitrogens with zero attached hydrogens (tertiary/aromatic N) is 1. The molecular weight excluding hydrogens is 391 g/mol. The van der Waals surface area contributed by atoms with Crippen molar-refractivity contribution in [1.82, 2.24) is 0 Å². The molecule has 28 heavy (non-hydrogen) atoms. The van der Waals surface area contributed by atoms with Gasteiger partial charge >= 0.3 is 6.18 Å². The van der Waals surface area contributed by atoms with Crippen LogP contribution in [0.5, 0.6) is 11.5 Å². The molecular formula is C20H14F3NO3S. The zero-order chi connectivity index (χ0) is 20.1. The van der Waals surface area contributed by atoms with Crippen molar-refractivity contribution in [2.75, 3.05) is 0 Å². The first kappa shape index (κ1) is 19.8. The highest BCUT2D eigenvalue weighted by atomic mass is 32.2. The summed E-state index contributed by atoms with van der Waals surface area (Å²) in [4.78, 5) is 10.6. The molecule has 0 amide bonds. The van der Waals surface area contributed by atoms with Crippen molar-refractivity contribution in [2.24, 2.45) is 0 Å².